The van der Waals surface area contributed by atoms with Crippen LogP contribution in [0.2, 0.25) is 0 Å². The zero-order valence-electron chi connectivity index (χ0n) is 11.3. The Hall–Kier alpha value is -0.670. The fraction of sp³-hybridized carbons (Fsp3) is 0.500. The highest BCUT2D eigenvalue weighted by molar-refractivity contribution is 8.13. The fourth-order valence-corrected chi connectivity index (χ4v) is 4.62. The average molecular weight is 354 g/mol. The predicted molar refractivity (Wildman–Crippen MR) is 78.2 cm³/mol. The minimum Gasteiger partial charge on any atom is -0.380 e. The van der Waals surface area contributed by atoms with E-state index in [-0.39, 0.29) is 21.9 Å². The smallest absolute Gasteiger partial charge is 0.261 e. The van der Waals surface area contributed by atoms with Crippen molar-refractivity contribution in [3.8, 4) is 0 Å². The minimum atomic E-state index is -3.97. The summed E-state index contributed by atoms with van der Waals surface area (Å²) in [5, 5.41) is 0. The van der Waals surface area contributed by atoms with E-state index in [1.807, 2.05) is 0 Å². The maximum Gasteiger partial charge on any atom is 0.261 e. The normalized spacial score (nSPS) is 23.3. The van der Waals surface area contributed by atoms with E-state index in [1.54, 1.807) is 0 Å². The Bertz CT molecular complexity index is 717. The summed E-state index contributed by atoms with van der Waals surface area (Å²) < 4.78 is 55.0. The Morgan fingerprint density at radius 1 is 1.19 bits per heavy atom. The molecule has 0 amide bonds. The van der Waals surface area contributed by atoms with Crippen LogP contribution in [0, 0.1) is 0 Å². The third kappa shape index (κ3) is 3.95. The van der Waals surface area contributed by atoms with Crippen LogP contribution < -0.4 is 4.72 Å². The molecule has 2 rings (SSSR count). The molecule has 1 N–H and O–H groups in total. The molecule has 1 aliphatic rings. The first-order valence-corrected chi connectivity index (χ1v) is 10.1. The maximum atomic E-state index is 12.3. The first-order chi connectivity index (χ1) is 9.74. The van der Waals surface area contributed by atoms with Crippen molar-refractivity contribution < 1.29 is 21.6 Å². The molecule has 1 aliphatic carbocycles. The summed E-state index contributed by atoms with van der Waals surface area (Å²) >= 11 is 0. The van der Waals surface area contributed by atoms with Crippen LogP contribution in [0.4, 0.5) is 0 Å². The number of halogens is 1. The second-order valence-corrected chi connectivity index (χ2v) is 9.13. The van der Waals surface area contributed by atoms with Gasteiger partial charge < -0.3 is 4.74 Å². The molecular formula is C12H16ClNO5S2. The molecule has 118 valence electrons. The van der Waals surface area contributed by atoms with Crippen molar-refractivity contribution >= 4 is 29.8 Å². The van der Waals surface area contributed by atoms with Gasteiger partial charge in [-0.15, -0.1) is 0 Å². The second kappa shape index (κ2) is 6.21. The minimum absolute atomic E-state index is 0.133. The number of methoxy groups -OCH3 is 1. The average Bonchev–Trinajstić information content (AvgIpc) is 2.84. The Labute approximate surface area is 128 Å². The molecule has 0 aromatic heterocycles. The van der Waals surface area contributed by atoms with Crippen molar-refractivity contribution in [2.45, 2.75) is 41.2 Å². The van der Waals surface area contributed by atoms with Crippen LogP contribution in [-0.2, 0) is 23.8 Å². The number of hydrogen-bond acceptors (Lipinski definition) is 5. The molecule has 1 fully saturated rings. The molecule has 1 aromatic carbocycles. The summed E-state index contributed by atoms with van der Waals surface area (Å²) in [5.41, 5.74) is 0. The Morgan fingerprint density at radius 3 is 2.48 bits per heavy atom. The number of ether oxygens (including phenoxy) is 1. The molecule has 9 heteroatoms. The first-order valence-electron chi connectivity index (χ1n) is 6.34. The van der Waals surface area contributed by atoms with Crippen LogP contribution in [0.5, 0.6) is 0 Å². The van der Waals surface area contributed by atoms with E-state index in [0.717, 1.165) is 18.9 Å². The summed E-state index contributed by atoms with van der Waals surface area (Å²) in [6, 6.07) is 4.64. The van der Waals surface area contributed by atoms with Crippen LogP contribution in [0.25, 0.3) is 0 Å². The molecule has 1 saturated carbocycles. The number of hydrogen-bond donors (Lipinski definition) is 1. The summed E-state index contributed by atoms with van der Waals surface area (Å²) in [4.78, 5) is -0.382. The number of rotatable bonds is 5. The number of sulfonamides is 1. The van der Waals surface area contributed by atoms with Crippen molar-refractivity contribution in [3.63, 3.8) is 0 Å². The van der Waals surface area contributed by atoms with Gasteiger partial charge in [0.15, 0.2) is 0 Å². The maximum absolute atomic E-state index is 12.3. The van der Waals surface area contributed by atoms with Crippen molar-refractivity contribution in [2.75, 3.05) is 7.11 Å². The predicted octanol–water partition coefficient (Wildman–Crippen LogP) is 1.46. The lowest BCUT2D eigenvalue weighted by Gasteiger charge is -2.19. The second-order valence-electron chi connectivity index (χ2n) is 4.85. The number of benzene rings is 1. The largest absolute Gasteiger partial charge is 0.380 e. The van der Waals surface area contributed by atoms with Crippen LogP contribution in [0.1, 0.15) is 19.3 Å². The van der Waals surface area contributed by atoms with E-state index in [0.29, 0.717) is 6.42 Å². The zero-order valence-corrected chi connectivity index (χ0v) is 13.7. The molecule has 2 unspecified atom stereocenters. The molecule has 0 saturated heterocycles. The van der Waals surface area contributed by atoms with E-state index in [1.165, 1.54) is 25.3 Å². The monoisotopic (exact) mass is 353 g/mol. The van der Waals surface area contributed by atoms with Gasteiger partial charge in [0, 0.05) is 23.8 Å². The lowest BCUT2D eigenvalue weighted by atomic mass is 10.2. The van der Waals surface area contributed by atoms with Crippen molar-refractivity contribution in [3.05, 3.63) is 24.3 Å². The van der Waals surface area contributed by atoms with Crippen LogP contribution in [0.15, 0.2) is 34.1 Å². The quantitative estimate of drug-likeness (QED) is 0.809. The van der Waals surface area contributed by atoms with E-state index in [9.17, 15) is 16.8 Å². The highest BCUT2D eigenvalue weighted by Crippen LogP contribution is 2.24. The van der Waals surface area contributed by atoms with E-state index >= 15 is 0 Å². The summed E-state index contributed by atoms with van der Waals surface area (Å²) in [7, 11) is -1.02. The SMILES string of the molecule is COC1CCCC1NS(=O)(=O)c1cccc(S(=O)(=O)Cl)c1. The molecule has 6 nitrogen and oxygen atoms in total. The van der Waals surface area contributed by atoms with Crippen LogP contribution in [-0.4, -0.2) is 36.1 Å². The van der Waals surface area contributed by atoms with Crippen LogP contribution in [0.3, 0.4) is 0 Å². The molecule has 0 aliphatic heterocycles. The molecule has 21 heavy (non-hydrogen) atoms. The van der Waals surface area contributed by atoms with Gasteiger partial charge in [-0.3, -0.25) is 0 Å². The molecule has 0 radical (unpaired) electrons. The summed E-state index contributed by atoms with van der Waals surface area (Å²) in [5.74, 6) is 0. The Balaban J connectivity index is 2.28. The van der Waals surface area contributed by atoms with Gasteiger partial charge in [-0.2, -0.15) is 0 Å². The molecule has 0 bridgehead atoms. The summed E-state index contributed by atoms with van der Waals surface area (Å²) in [6.07, 6.45) is 2.19. The number of nitrogens with one attached hydrogen (secondary N) is 1. The van der Waals surface area contributed by atoms with Gasteiger partial charge in [0.05, 0.1) is 15.9 Å². The van der Waals surface area contributed by atoms with Crippen molar-refractivity contribution in [2.24, 2.45) is 0 Å². The van der Waals surface area contributed by atoms with E-state index < -0.39 is 19.1 Å². The van der Waals surface area contributed by atoms with Gasteiger partial charge in [0.2, 0.25) is 10.0 Å². The molecule has 1 aromatic rings. The highest BCUT2D eigenvalue weighted by Gasteiger charge is 2.31. The fourth-order valence-electron chi connectivity index (χ4n) is 2.40. The van der Waals surface area contributed by atoms with Crippen molar-refractivity contribution in [1.29, 1.82) is 0 Å². The zero-order chi connectivity index (χ0) is 15.7. The molecule has 0 heterocycles. The molecule has 2 atom stereocenters. The van der Waals surface area contributed by atoms with Gasteiger partial charge in [-0.05, 0) is 37.5 Å². The standard InChI is InChI=1S/C12H16ClNO5S2/c1-19-12-7-3-6-11(12)14-21(17,18)10-5-2-4-9(8-10)20(13,15)16/h2,4-5,8,11-12,14H,3,6-7H2,1H3. The Kier molecular flexibility index (Phi) is 4.94. The molecule has 0 spiro atoms. The topological polar surface area (TPSA) is 89.5 Å². The van der Waals surface area contributed by atoms with Gasteiger partial charge >= 0.3 is 0 Å². The lowest BCUT2D eigenvalue weighted by Crippen LogP contribution is -2.40. The van der Waals surface area contributed by atoms with Gasteiger partial charge in [0.25, 0.3) is 9.05 Å². The van der Waals surface area contributed by atoms with E-state index in [4.69, 9.17) is 15.4 Å². The van der Waals surface area contributed by atoms with E-state index in [2.05, 4.69) is 4.72 Å². The van der Waals surface area contributed by atoms with Gasteiger partial charge in [-0.25, -0.2) is 21.6 Å². The lowest BCUT2D eigenvalue weighted by molar-refractivity contribution is 0.0916. The third-order valence-corrected chi connectivity index (χ3v) is 6.30. The first kappa shape index (κ1) is 16.7. The van der Waals surface area contributed by atoms with Crippen LogP contribution >= 0.6 is 10.7 Å². The Morgan fingerprint density at radius 2 is 1.86 bits per heavy atom. The van der Waals surface area contributed by atoms with Crippen molar-refractivity contribution in [1.82, 2.24) is 4.72 Å². The molecular weight excluding hydrogens is 338 g/mol. The third-order valence-electron chi connectivity index (χ3n) is 3.46. The van der Waals surface area contributed by atoms with Gasteiger partial charge in [0.1, 0.15) is 0 Å². The highest BCUT2D eigenvalue weighted by atomic mass is 35.7. The van der Waals surface area contributed by atoms with Gasteiger partial charge in [-0.1, -0.05) is 6.07 Å². The summed E-state index contributed by atoms with van der Waals surface area (Å²) in [6.45, 7) is 0.